The van der Waals surface area contributed by atoms with Gasteiger partial charge in [0.25, 0.3) is 0 Å². The summed E-state index contributed by atoms with van der Waals surface area (Å²) in [5.41, 5.74) is 0.450. The Morgan fingerprint density at radius 2 is 2.50 bits per heavy atom. The fraction of sp³-hybridized carbons (Fsp3) is 0.200. The molecule has 0 saturated carbocycles. The lowest BCUT2D eigenvalue weighted by molar-refractivity contribution is 0.557. The number of hydrogen-bond donors (Lipinski definition) is 1. The molecule has 1 aromatic heterocycles. The van der Waals surface area contributed by atoms with Crippen LogP contribution in [0.25, 0.3) is 0 Å². The second-order valence-corrected chi connectivity index (χ2v) is 3.76. The zero-order chi connectivity index (χ0) is 9.03. The van der Waals surface area contributed by atoms with Gasteiger partial charge in [-0.05, 0) is 0 Å². The fourth-order valence-corrected chi connectivity index (χ4v) is 0.718. The molecule has 0 unspecified atom stereocenters. The lowest BCUT2D eigenvalue weighted by Gasteiger charge is -1.91. The highest BCUT2D eigenvalue weighted by molar-refractivity contribution is 7.88. The summed E-state index contributed by atoms with van der Waals surface area (Å²) in [6, 6.07) is 0. The van der Waals surface area contributed by atoms with Crippen LogP contribution in [0.2, 0.25) is 0 Å². The molecule has 0 spiro atoms. The van der Waals surface area contributed by atoms with E-state index in [1.807, 2.05) is 4.83 Å². The molecular formula is C5H7N3O3S. The van der Waals surface area contributed by atoms with Crippen LogP contribution in [0.3, 0.4) is 0 Å². The van der Waals surface area contributed by atoms with E-state index < -0.39 is 10.0 Å². The third-order valence-electron chi connectivity index (χ3n) is 0.867. The van der Waals surface area contributed by atoms with E-state index in [9.17, 15) is 8.42 Å². The maximum Gasteiger partial charge on any atom is 0.244 e. The Hall–Kier alpha value is -1.37. The fourth-order valence-electron chi connectivity index (χ4n) is 0.474. The number of hydrogen-bond acceptors (Lipinski definition) is 5. The Morgan fingerprint density at radius 1 is 1.75 bits per heavy atom. The highest BCUT2D eigenvalue weighted by Gasteiger charge is 1.94. The molecule has 6 nitrogen and oxygen atoms in total. The van der Waals surface area contributed by atoms with Gasteiger partial charge in [0.2, 0.25) is 10.0 Å². The molecule has 1 N–H and O–H groups in total. The summed E-state index contributed by atoms with van der Waals surface area (Å²) in [7, 11) is -3.28. The summed E-state index contributed by atoms with van der Waals surface area (Å²) in [5.74, 6) is 0. The summed E-state index contributed by atoms with van der Waals surface area (Å²) in [6.45, 7) is 0. The van der Waals surface area contributed by atoms with Gasteiger partial charge in [0.05, 0.1) is 12.5 Å². The predicted octanol–water partition coefficient (Wildman–Crippen LogP) is -0.442. The van der Waals surface area contributed by atoms with E-state index >= 15 is 0 Å². The van der Waals surface area contributed by atoms with E-state index in [0.29, 0.717) is 5.69 Å². The molecule has 0 bridgehead atoms. The van der Waals surface area contributed by atoms with Crippen LogP contribution < -0.4 is 4.83 Å². The van der Waals surface area contributed by atoms with Crippen molar-refractivity contribution in [2.45, 2.75) is 0 Å². The van der Waals surface area contributed by atoms with Crippen LogP contribution in [0.1, 0.15) is 5.69 Å². The van der Waals surface area contributed by atoms with Gasteiger partial charge in [0.1, 0.15) is 12.0 Å². The van der Waals surface area contributed by atoms with Crippen LogP contribution in [0.15, 0.2) is 22.2 Å². The van der Waals surface area contributed by atoms with E-state index in [1.165, 1.54) is 18.9 Å². The number of nitrogens with one attached hydrogen (secondary N) is 1. The Bertz CT molecular complexity index is 353. The molecule has 1 heterocycles. The highest BCUT2D eigenvalue weighted by Crippen LogP contribution is 1.88. The van der Waals surface area contributed by atoms with Crippen LogP contribution in [0.5, 0.6) is 0 Å². The largest absolute Gasteiger partial charge is 0.451 e. The maximum atomic E-state index is 10.5. The second-order valence-electron chi connectivity index (χ2n) is 2.03. The Kier molecular flexibility index (Phi) is 2.44. The second kappa shape index (κ2) is 3.35. The van der Waals surface area contributed by atoms with Gasteiger partial charge in [0, 0.05) is 0 Å². The van der Waals surface area contributed by atoms with Crippen LogP contribution in [0, 0.1) is 0 Å². The molecule has 0 radical (unpaired) electrons. The molecule has 0 aliphatic rings. The standard InChI is InChI=1S/C5H7N3O3S/c1-12(9,10)8-7-2-5-3-11-4-6-5/h2-4,8H,1H3/b7-2+. The monoisotopic (exact) mass is 189 g/mol. The molecule has 12 heavy (non-hydrogen) atoms. The summed E-state index contributed by atoms with van der Waals surface area (Å²) < 4.78 is 25.6. The van der Waals surface area contributed by atoms with E-state index in [4.69, 9.17) is 0 Å². The quantitative estimate of drug-likeness (QED) is 0.516. The molecule has 0 atom stereocenters. The van der Waals surface area contributed by atoms with Gasteiger partial charge >= 0.3 is 0 Å². The zero-order valence-electron chi connectivity index (χ0n) is 6.26. The molecule has 1 rings (SSSR count). The first kappa shape index (κ1) is 8.72. The minimum atomic E-state index is -3.28. The number of nitrogens with zero attached hydrogens (tertiary/aromatic N) is 2. The third kappa shape index (κ3) is 3.15. The minimum absolute atomic E-state index is 0.450. The summed E-state index contributed by atoms with van der Waals surface area (Å²) in [6.07, 6.45) is 4.81. The van der Waals surface area contributed by atoms with Crippen molar-refractivity contribution in [1.29, 1.82) is 0 Å². The van der Waals surface area contributed by atoms with Crippen molar-refractivity contribution in [3.63, 3.8) is 0 Å². The molecule has 0 saturated heterocycles. The van der Waals surface area contributed by atoms with Gasteiger partial charge in [-0.3, -0.25) is 0 Å². The lowest BCUT2D eigenvalue weighted by Crippen LogP contribution is -2.15. The first-order chi connectivity index (χ1) is 5.58. The van der Waals surface area contributed by atoms with Crippen molar-refractivity contribution in [2.24, 2.45) is 5.10 Å². The molecule has 0 aliphatic heterocycles. The van der Waals surface area contributed by atoms with Crippen LogP contribution in [-0.2, 0) is 10.0 Å². The molecule has 0 amide bonds. The molecule has 0 aromatic carbocycles. The van der Waals surface area contributed by atoms with E-state index in [0.717, 1.165) is 6.26 Å². The van der Waals surface area contributed by atoms with E-state index in [-0.39, 0.29) is 0 Å². The summed E-state index contributed by atoms with van der Waals surface area (Å²) in [4.78, 5) is 5.61. The molecule has 7 heteroatoms. The smallest absolute Gasteiger partial charge is 0.244 e. The average Bonchev–Trinajstić information content (AvgIpc) is 2.36. The number of rotatable bonds is 3. The Labute approximate surface area is 69.4 Å². The minimum Gasteiger partial charge on any atom is -0.451 e. The van der Waals surface area contributed by atoms with Gasteiger partial charge in [-0.2, -0.15) is 5.10 Å². The molecule has 1 aromatic rings. The van der Waals surface area contributed by atoms with Crippen molar-refractivity contribution in [3.8, 4) is 0 Å². The summed E-state index contributed by atoms with van der Waals surface area (Å²) in [5, 5.41) is 3.40. The van der Waals surface area contributed by atoms with Crippen LogP contribution in [-0.4, -0.2) is 25.9 Å². The molecular weight excluding hydrogens is 182 g/mol. The predicted molar refractivity (Wildman–Crippen MR) is 42.1 cm³/mol. The van der Waals surface area contributed by atoms with Gasteiger partial charge in [0.15, 0.2) is 6.39 Å². The Morgan fingerprint density at radius 3 is 3.00 bits per heavy atom. The van der Waals surface area contributed by atoms with Gasteiger partial charge in [-0.25, -0.2) is 18.2 Å². The average molecular weight is 189 g/mol. The zero-order valence-corrected chi connectivity index (χ0v) is 7.08. The van der Waals surface area contributed by atoms with E-state index in [2.05, 4.69) is 14.5 Å². The SMILES string of the molecule is CS(=O)(=O)N/N=C/c1cocn1. The van der Waals surface area contributed by atoms with Gasteiger partial charge in [-0.1, -0.05) is 0 Å². The number of sulfonamides is 1. The normalized spacial score (nSPS) is 12.1. The molecule has 0 aliphatic carbocycles. The first-order valence-corrected chi connectivity index (χ1v) is 4.85. The molecule has 0 fully saturated rings. The number of aromatic nitrogens is 1. The van der Waals surface area contributed by atoms with Crippen molar-refractivity contribution in [2.75, 3.05) is 6.26 Å². The van der Waals surface area contributed by atoms with Crippen molar-refractivity contribution in [3.05, 3.63) is 18.4 Å². The topological polar surface area (TPSA) is 84.6 Å². The maximum absolute atomic E-state index is 10.5. The van der Waals surface area contributed by atoms with Crippen molar-refractivity contribution < 1.29 is 12.8 Å². The summed E-state index contributed by atoms with van der Waals surface area (Å²) >= 11 is 0. The first-order valence-electron chi connectivity index (χ1n) is 2.96. The Balaban J connectivity index is 2.54. The van der Waals surface area contributed by atoms with Crippen LogP contribution >= 0.6 is 0 Å². The highest BCUT2D eigenvalue weighted by atomic mass is 32.2. The van der Waals surface area contributed by atoms with Gasteiger partial charge in [-0.15, -0.1) is 0 Å². The number of hydrazone groups is 1. The lowest BCUT2D eigenvalue weighted by atomic mass is 10.5. The van der Waals surface area contributed by atoms with Gasteiger partial charge < -0.3 is 4.42 Å². The molecule has 66 valence electrons. The van der Waals surface area contributed by atoms with Crippen molar-refractivity contribution >= 4 is 16.2 Å². The van der Waals surface area contributed by atoms with E-state index in [1.54, 1.807) is 0 Å². The third-order valence-corrected chi connectivity index (χ3v) is 1.30. The van der Waals surface area contributed by atoms with Crippen molar-refractivity contribution in [1.82, 2.24) is 9.82 Å². The van der Waals surface area contributed by atoms with Crippen LogP contribution in [0.4, 0.5) is 0 Å². The number of oxazole rings is 1.